The summed E-state index contributed by atoms with van der Waals surface area (Å²) in [5.41, 5.74) is 7.30. The van der Waals surface area contributed by atoms with E-state index in [-0.39, 0.29) is 40.9 Å². The molecule has 0 bridgehead atoms. The molecule has 0 saturated carbocycles. The maximum Gasteiger partial charge on any atom is 0.274 e. The molecule has 11 heteroatoms. The quantitative estimate of drug-likeness (QED) is 0.400. The number of aliphatic imine (C=N–C) groups is 1. The summed E-state index contributed by atoms with van der Waals surface area (Å²) in [7, 11) is 5.32. The lowest BCUT2D eigenvalue weighted by molar-refractivity contribution is 0.0952. The monoisotopic (exact) mass is 462 g/mol. The molecule has 0 spiro atoms. The second kappa shape index (κ2) is 10.4. The van der Waals surface area contributed by atoms with Crippen LogP contribution in [0.1, 0.15) is 17.4 Å². The minimum atomic E-state index is -0.552. The number of amides is 1. The molecule has 176 valence electrons. The third-order valence-corrected chi connectivity index (χ3v) is 4.63. The number of pyridine rings is 1. The Morgan fingerprint density at radius 1 is 1.32 bits per heavy atom. The van der Waals surface area contributed by atoms with Crippen LogP contribution in [0.15, 0.2) is 69.4 Å². The average molecular weight is 463 g/mol. The van der Waals surface area contributed by atoms with Crippen molar-refractivity contribution in [3.63, 3.8) is 0 Å². The molecule has 0 aromatic carbocycles. The third-order valence-electron chi connectivity index (χ3n) is 4.63. The van der Waals surface area contributed by atoms with Crippen molar-refractivity contribution in [3.8, 4) is 22.8 Å². The molecule has 3 aromatic heterocycles. The molecule has 0 aliphatic carbocycles. The molecule has 0 saturated heterocycles. The fraction of sp³-hybridized carbons (Fsp3) is 0.217. The zero-order chi connectivity index (χ0) is 24.8. The SMILES string of the molecule is C=C(CNC(=O)c1nc(-c2ccc(=O)n(C)c2)c(-c2ncco2)nc1N)/N=C(\C=C/C)N(C)C. The van der Waals surface area contributed by atoms with Crippen molar-refractivity contribution in [1.82, 2.24) is 29.7 Å². The predicted octanol–water partition coefficient (Wildman–Crippen LogP) is 1.86. The van der Waals surface area contributed by atoms with E-state index in [1.165, 1.54) is 23.1 Å². The number of anilines is 1. The first-order valence-electron chi connectivity index (χ1n) is 10.3. The normalized spacial score (nSPS) is 11.6. The van der Waals surface area contributed by atoms with Gasteiger partial charge in [-0.2, -0.15) is 0 Å². The number of aryl methyl sites for hydroxylation is 1. The zero-order valence-electron chi connectivity index (χ0n) is 19.4. The fourth-order valence-corrected chi connectivity index (χ4v) is 2.94. The number of likely N-dealkylation sites (N-methyl/N-ethyl adjacent to an activating group) is 1. The number of hydrogen-bond donors (Lipinski definition) is 2. The van der Waals surface area contributed by atoms with E-state index in [1.807, 2.05) is 38.1 Å². The molecule has 0 aliphatic rings. The molecule has 3 aromatic rings. The molecule has 0 aliphatic heterocycles. The first-order valence-corrected chi connectivity index (χ1v) is 10.3. The molecular weight excluding hydrogens is 436 g/mol. The van der Waals surface area contributed by atoms with Gasteiger partial charge in [0, 0.05) is 39.0 Å². The van der Waals surface area contributed by atoms with Gasteiger partial charge in [0.05, 0.1) is 18.4 Å². The van der Waals surface area contributed by atoms with E-state index in [1.54, 1.807) is 19.3 Å². The Balaban J connectivity index is 1.95. The molecule has 3 heterocycles. The number of nitrogens with one attached hydrogen (secondary N) is 1. The molecule has 0 radical (unpaired) electrons. The molecule has 11 nitrogen and oxygen atoms in total. The third kappa shape index (κ3) is 5.44. The molecule has 34 heavy (non-hydrogen) atoms. The number of nitrogens with two attached hydrogens (primary N) is 1. The van der Waals surface area contributed by atoms with Crippen LogP contribution >= 0.6 is 0 Å². The van der Waals surface area contributed by atoms with Crippen LogP contribution in [0.4, 0.5) is 5.82 Å². The predicted molar refractivity (Wildman–Crippen MR) is 130 cm³/mol. The number of amidine groups is 1. The van der Waals surface area contributed by atoms with Crippen molar-refractivity contribution in [2.24, 2.45) is 12.0 Å². The van der Waals surface area contributed by atoms with E-state index in [0.717, 1.165) is 0 Å². The molecule has 3 N–H and O–H groups in total. The van der Waals surface area contributed by atoms with Crippen LogP contribution in [0.2, 0.25) is 0 Å². The zero-order valence-corrected chi connectivity index (χ0v) is 19.4. The number of allylic oxidation sites excluding steroid dienone is 1. The highest BCUT2D eigenvalue weighted by Crippen LogP contribution is 2.29. The number of nitrogens with zero attached hydrogens (tertiary/aromatic N) is 6. The lowest BCUT2D eigenvalue weighted by Gasteiger charge is -2.14. The van der Waals surface area contributed by atoms with Gasteiger partial charge in [0.1, 0.15) is 17.8 Å². The van der Waals surface area contributed by atoms with E-state index in [9.17, 15) is 9.59 Å². The minimum absolute atomic E-state index is 0.0749. The summed E-state index contributed by atoms with van der Waals surface area (Å²) < 4.78 is 6.76. The number of rotatable bonds is 7. The standard InChI is InChI=1S/C23H26N8O3/c1-6-7-16(30(3)4)27-14(2)12-26-22(33)20-21(24)29-19(23-25-10-11-34-23)18(28-20)15-8-9-17(32)31(5)13-15/h6-11,13H,2,12H2,1,3-5H3,(H2,24,29)(H,26,33)/b7-6-,27-16+. The van der Waals surface area contributed by atoms with Crippen molar-refractivity contribution in [2.75, 3.05) is 26.4 Å². The van der Waals surface area contributed by atoms with Crippen LogP contribution < -0.4 is 16.6 Å². The highest BCUT2D eigenvalue weighted by Gasteiger charge is 2.22. The number of nitrogen functional groups attached to an aromatic ring is 1. The summed E-state index contributed by atoms with van der Waals surface area (Å²) in [6, 6.07) is 2.97. The maximum absolute atomic E-state index is 12.9. The van der Waals surface area contributed by atoms with Gasteiger partial charge in [-0.15, -0.1) is 0 Å². The van der Waals surface area contributed by atoms with E-state index < -0.39 is 5.91 Å². The maximum atomic E-state index is 12.9. The van der Waals surface area contributed by atoms with Crippen LogP contribution in [0, 0.1) is 0 Å². The van der Waals surface area contributed by atoms with Gasteiger partial charge >= 0.3 is 0 Å². The Morgan fingerprint density at radius 3 is 2.71 bits per heavy atom. The average Bonchev–Trinajstić information content (AvgIpc) is 3.33. The van der Waals surface area contributed by atoms with E-state index >= 15 is 0 Å². The second-order valence-electron chi connectivity index (χ2n) is 7.47. The van der Waals surface area contributed by atoms with Crippen LogP contribution in [0.5, 0.6) is 0 Å². The van der Waals surface area contributed by atoms with Crippen LogP contribution in [-0.4, -0.2) is 56.8 Å². The summed E-state index contributed by atoms with van der Waals surface area (Å²) in [6.07, 6.45) is 8.12. The Labute approximate surface area is 196 Å². The van der Waals surface area contributed by atoms with Gasteiger partial charge in [-0.1, -0.05) is 12.7 Å². The largest absolute Gasteiger partial charge is 0.443 e. The topological polar surface area (TPSA) is 145 Å². The molecule has 0 fully saturated rings. The lowest BCUT2D eigenvalue weighted by Crippen LogP contribution is -2.28. The highest BCUT2D eigenvalue weighted by molar-refractivity contribution is 5.98. The molecule has 0 atom stereocenters. The summed E-state index contributed by atoms with van der Waals surface area (Å²) in [5, 5.41) is 2.71. The number of oxazole rings is 1. The highest BCUT2D eigenvalue weighted by atomic mass is 16.3. The number of hydrogen-bond acceptors (Lipinski definition) is 8. The Bertz CT molecular complexity index is 1320. The molecule has 1 amide bonds. The lowest BCUT2D eigenvalue weighted by atomic mass is 10.1. The van der Waals surface area contributed by atoms with E-state index in [2.05, 4.69) is 31.8 Å². The van der Waals surface area contributed by atoms with Gasteiger partial charge in [0.25, 0.3) is 5.91 Å². The number of carbonyl (C=O) groups is 1. The first kappa shape index (κ1) is 24.1. The Hall–Kier alpha value is -4.54. The summed E-state index contributed by atoms with van der Waals surface area (Å²) in [4.78, 5) is 43.9. The minimum Gasteiger partial charge on any atom is -0.443 e. The Morgan fingerprint density at radius 2 is 2.09 bits per heavy atom. The summed E-state index contributed by atoms with van der Waals surface area (Å²) >= 11 is 0. The van der Waals surface area contributed by atoms with Gasteiger partial charge in [0.15, 0.2) is 17.2 Å². The smallest absolute Gasteiger partial charge is 0.274 e. The van der Waals surface area contributed by atoms with Crippen molar-refractivity contribution in [1.29, 1.82) is 0 Å². The number of aromatic nitrogens is 4. The molecule has 3 rings (SSSR count). The first-order chi connectivity index (χ1) is 16.2. The van der Waals surface area contributed by atoms with Crippen LogP contribution in [0.25, 0.3) is 22.8 Å². The van der Waals surface area contributed by atoms with Gasteiger partial charge in [0.2, 0.25) is 11.4 Å². The van der Waals surface area contributed by atoms with Crippen molar-refractivity contribution < 1.29 is 9.21 Å². The van der Waals surface area contributed by atoms with Crippen LogP contribution in [-0.2, 0) is 7.05 Å². The van der Waals surface area contributed by atoms with Crippen molar-refractivity contribution >= 4 is 17.6 Å². The van der Waals surface area contributed by atoms with E-state index in [4.69, 9.17) is 10.2 Å². The van der Waals surface area contributed by atoms with Gasteiger partial charge in [-0.05, 0) is 19.1 Å². The van der Waals surface area contributed by atoms with E-state index in [0.29, 0.717) is 17.1 Å². The number of carbonyl (C=O) groups excluding carboxylic acids is 1. The van der Waals surface area contributed by atoms with Gasteiger partial charge < -0.3 is 24.9 Å². The van der Waals surface area contributed by atoms with Crippen molar-refractivity contribution in [2.45, 2.75) is 6.92 Å². The van der Waals surface area contributed by atoms with Crippen molar-refractivity contribution in [3.05, 3.63) is 71.3 Å². The fourth-order valence-electron chi connectivity index (χ4n) is 2.94. The van der Waals surface area contributed by atoms with Gasteiger partial charge in [-0.3, -0.25) is 9.59 Å². The van der Waals surface area contributed by atoms with Crippen LogP contribution in [0.3, 0.4) is 0 Å². The molecule has 0 unspecified atom stereocenters. The summed E-state index contributed by atoms with van der Waals surface area (Å²) in [5.74, 6) is 0.214. The summed E-state index contributed by atoms with van der Waals surface area (Å²) in [6.45, 7) is 5.85. The van der Waals surface area contributed by atoms with Gasteiger partial charge in [-0.25, -0.2) is 19.9 Å². The Kier molecular flexibility index (Phi) is 7.36. The molecular formula is C23H26N8O3. The second-order valence-corrected chi connectivity index (χ2v) is 7.47.